The molecule has 0 aromatic carbocycles. The second-order valence-electron chi connectivity index (χ2n) is 3.40. The monoisotopic (exact) mass is 159 g/mol. The SMILES string of the molecule is CCC[C@H](N)C(OC)C(C)C. The molecule has 0 rings (SSSR count). The van der Waals surface area contributed by atoms with Crippen molar-refractivity contribution in [2.75, 3.05) is 7.11 Å². The summed E-state index contributed by atoms with van der Waals surface area (Å²) in [6.45, 7) is 6.43. The molecule has 0 heterocycles. The lowest BCUT2D eigenvalue weighted by Gasteiger charge is -2.25. The first-order chi connectivity index (χ1) is 5.13. The van der Waals surface area contributed by atoms with Gasteiger partial charge in [0.25, 0.3) is 0 Å². The molecule has 68 valence electrons. The highest BCUT2D eigenvalue weighted by atomic mass is 16.5. The minimum atomic E-state index is 0.199. The van der Waals surface area contributed by atoms with Gasteiger partial charge in [0.1, 0.15) is 0 Å². The van der Waals surface area contributed by atoms with E-state index in [9.17, 15) is 0 Å². The molecular formula is C9H21NO. The van der Waals surface area contributed by atoms with Crippen molar-refractivity contribution in [3.05, 3.63) is 0 Å². The van der Waals surface area contributed by atoms with Crippen LogP contribution in [0.3, 0.4) is 0 Å². The molecule has 0 saturated carbocycles. The third-order valence-corrected chi connectivity index (χ3v) is 1.97. The summed E-state index contributed by atoms with van der Waals surface area (Å²) in [5, 5.41) is 0. The third-order valence-electron chi connectivity index (χ3n) is 1.97. The van der Waals surface area contributed by atoms with Crippen LogP contribution < -0.4 is 5.73 Å². The second kappa shape index (κ2) is 5.56. The van der Waals surface area contributed by atoms with Crippen molar-refractivity contribution >= 4 is 0 Å². The average molecular weight is 159 g/mol. The van der Waals surface area contributed by atoms with Gasteiger partial charge >= 0.3 is 0 Å². The molecule has 1 unspecified atom stereocenters. The summed E-state index contributed by atoms with van der Waals surface area (Å²) in [4.78, 5) is 0. The number of hydrogen-bond donors (Lipinski definition) is 1. The van der Waals surface area contributed by atoms with Crippen LogP contribution in [-0.4, -0.2) is 19.3 Å². The first-order valence-electron chi connectivity index (χ1n) is 4.41. The number of methoxy groups -OCH3 is 1. The molecule has 0 radical (unpaired) electrons. The van der Waals surface area contributed by atoms with Crippen molar-refractivity contribution < 1.29 is 4.74 Å². The topological polar surface area (TPSA) is 35.2 Å². The molecule has 0 aliphatic rings. The van der Waals surface area contributed by atoms with Gasteiger partial charge in [0.15, 0.2) is 0 Å². The standard InChI is InChI=1S/C9H21NO/c1-5-6-8(10)9(11-4)7(2)3/h7-9H,5-6,10H2,1-4H3/t8-,9?/m0/s1. The molecule has 0 saturated heterocycles. The third kappa shape index (κ3) is 3.73. The maximum atomic E-state index is 5.91. The maximum Gasteiger partial charge on any atom is 0.0744 e. The van der Waals surface area contributed by atoms with Crippen molar-refractivity contribution in [3.63, 3.8) is 0 Å². The number of hydrogen-bond acceptors (Lipinski definition) is 2. The number of rotatable bonds is 5. The number of ether oxygens (including phenoxy) is 1. The molecule has 2 N–H and O–H groups in total. The smallest absolute Gasteiger partial charge is 0.0744 e. The molecule has 2 heteroatoms. The van der Waals surface area contributed by atoms with Crippen molar-refractivity contribution in [3.8, 4) is 0 Å². The molecule has 0 aromatic heterocycles. The molecule has 0 fully saturated rings. The van der Waals surface area contributed by atoms with Gasteiger partial charge in [-0.3, -0.25) is 0 Å². The summed E-state index contributed by atoms with van der Waals surface area (Å²) in [5.74, 6) is 0.515. The maximum absolute atomic E-state index is 5.91. The van der Waals surface area contributed by atoms with Crippen molar-refractivity contribution in [2.45, 2.75) is 45.8 Å². The van der Waals surface area contributed by atoms with Crippen LogP contribution in [0.4, 0.5) is 0 Å². The molecule has 2 atom stereocenters. The Labute approximate surface area is 70.1 Å². The molecular weight excluding hydrogens is 138 g/mol. The van der Waals surface area contributed by atoms with E-state index < -0.39 is 0 Å². The average Bonchev–Trinajstić information content (AvgIpc) is 1.88. The summed E-state index contributed by atoms with van der Waals surface area (Å²) < 4.78 is 5.30. The lowest BCUT2D eigenvalue weighted by atomic mass is 9.97. The Morgan fingerprint density at radius 2 is 1.91 bits per heavy atom. The molecule has 0 aliphatic carbocycles. The van der Waals surface area contributed by atoms with Crippen LogP contribution in [0.15, 0.2) is 0 Å². The van der Waals surface area contributed by atoms with E-state index in [0.717, 1.165) is 12.8 Å². The molecule has 0 amide bonds. The van der Waals surface area contributed by atoms with Gasteiger partial charge in [-0.2, -0.15) is 0 Å². The summed E-state index contributed by atoms with van der Waals surface area (Å²) >= 11 is 0. The van der Waals surface area contributed by atoms with Crippen molar-refractivity contribution in [1.82, 2.24) is 0 Å². The fourth-order valence-electron chi connectivity index (χ4n) is 1.44. The van der Waals surface area contributed by atoms with E-state index in [4.69, 9.17) is 10.5 Å². The van der Waals surface area contributed by atoms with Gasteiger partial charge in [0.2, 0.25) is 0 Å². The normalized spacial score (nSPS) is 16.9. The first-order valence-corrected chi connectivity index (χ1v) is 4.41. The van der Waals surface area contributed by atoms with Gasteiger partial charge in [-0.15, -0.1) is 0 Å². The zero-order chi connectivity index (χ0) is 8.85. The minimum absolute atomic E-state index is 0.199. The largest absolute Gasteiger partial charge is 0.380 e. The Kier molecular flexibility index (Phi) is 5.51. The van der Waals surface area contributed by atoms with Gasteiger partial charge in [0.05, 0.1) is 6.10 Å². The fourth-order valence-corrected chi connectivity index (χ4v) is 1.44. The molecule has 0 aromatic rings. The van der Waals surface area contributed by atoms with Crippen LogP contribution in [0, 0.1) is 5.92 Å². The summed E-state index contributed by atoms with van der Waals surface area (Å²) in [6.07, 6.45) is 2.40. The lowest BCUT2D eigenvalue weighted by molar-refractivity contribution is 0.0417. The Bertz CT molecular complexity index is 93.6. The van der Waals surface area contributed by atoms with E-state index in [0.29, 0.717) is 5.92 Å². The minimum Gasteiger partial charge on any atom is -0.380 e. The predicted octanol–water partition coefficient (Wildman–Crippen LogP) is 1.78. The highest BCUT2D eigenvalue weighted by molar-refractivity contribution is 4.75. The zero-order valence-electron chi connectivity index (χ0n) is 8.13. The van der Waals surface area contributed by atoms with Crippen LogP contribution in [0.1, 0.15) is 33.6 Å². The molecule has 2 nitrogen and oxygen atoms in total. The highest BCUT2D eigenvalue weighted by Gasteiger charge is 2.19. The van der Waals surface area contributed by atoms with Crippen LogP contribution in [0.5, 0.6) is 0 Å². The van der Waals surface area contributed by atoms with Crippen LogP contribution in [0.25, 0.3) is 0 Å². The molecule has 11 heavy (non-hydrogen) atoms. The van der Waals surface area contributed by atoms with Crippen LogP contribution in [-0.2, 0) is 4.74 Å². The van der Waals surface area contributed by atoms with Gasteiger partial charge < -0.3 is 10.5 Å². The van der Waals surface area contributed by atoms with Gasteiger partial charge in [0, 0.05) is 13.2 Å². The summed E-state index contributed by atoms with van der Waals surface area (Å²) in [5.41, 5.74) is 5.91. The Hall–Kier alpha value is -0.0800. The quantitative estimate of drug-likeness (QED) is 0.663. The summed E-state index contributed by atoms with van der Waals surface area (Å²) in [7, 11) is 1.74. The van der Waals surface area contributed by atoms with Crippen molar-refractivity contribution in [2.24, 2.45) is 11.7 Å². The van der Waals surface area contributed by atoms with E-state index in [1.807, 2.05) is 0 Å². The summed E-state index contributed by atoms with van der Waals surface area (Å²) in [6, 6.07) is 0.199. The van der Waals surface area contributed by atoms with E-state index in [1.165, 1.54) is 0 Å². The van der Waals surface area contributed by atoms with Gasteiger partial charge in [-0.05, 0) is 12.3 Å². The zero-order valence-corrected chi connectivity index (χ0v) is 8.13. The Morgan fingerprint density at radius 3 is 2.18 bits per heavy atom. The Balaban J connectivity index is 3.81. The lowest BCUT2D eigenvalue weighted by Crippen LogP contribution is -2.39. The first kappa shape index (κ1) is 10.9. The highest BCUT2D eigenvalue weighted by Crippen LogP contribution is 2.12. The van der Waals surface area contributed by atoms with E-state index in [1.54, 1.807) is 7.11 Å². The van der Waals surface area contributed by atoms with Gasteiger partial charge in [-0.25, -0.2) is 0 Å². The van der Waals surface area contributed by atoms with Crippen molar-refractivity contribution in [1.29, 1.82) is 0 Å². The fraction of sp³-hybridized carbons (Fsp3) is 1.00. The van der Waals surface area contributed by atoms with Gasteiger partial charge in [-0.1, -0.05) is 27.2 Å². The van der Waals surface area contributed by atoms with E-state index in [-0.39, 0.29) is 12.1 Å². The van der Waals surface area contributed by atoms with E-state index >= 15 is 0 Å². The van der Waals surface area contributed by atoms with Crippen LogP contribution in [0.2, 0.25) is 0 Å². The Morgan fingerprint density at radius 1 is 1.36 bits per heavy atom. The number of nitrogens with two attached hydrogens (primary N) is 1. The second-order valence-corrected chi connectivity index (χ2v) is 3.40. The molecule has 0 spiro atoms. The van der Waals surface area contributed by atoms with Crippen LogP contribution >= 0.6 is 0 Å². The van der Waals surface area contributed by atoms with E-state index in [2.05, 4.69) is 20.8 Å². The predicted molar refractivity (Wildman–Crippen MR) is 48.5 cm³/mol. The molecule has 0 bridgehead atoms. The molecule has 0 aliphatic heterocycles.